The van der Waals surface area contributed by atoms with E-state index in [4.69, 9.17) is 4.74 Å². The number of hydrogen-bond acceptors (Lipinski definition) is 3. The molecule has 2 heterocycles. The molecule has 0 aromatic heterocycles. The molecule has 1 unspecified atom stereocenters. The lowest BCUT2D eigenvalue weighted by Crippen LogP contribution is -2.34. The topological polar surface area (TPSA) is 29.5 Å². The average Bonchev–Trinajstić information content (AvgIpc) is 2.85. The lowest BCUT2D eigenvalue weighted by Gasteiger charge is -2.25. The first-order valence-electron chi connectivity index (χ1n) is 6.19. The van der Waals surface area contributed by atoms with E-state index in [9.17, 15) is 4.79 Å². The first kappa shape index (κ1) is 10.8. The van der Waals surface area contributed by atoms with Gasteiger partial charge in [-0.2, -0.15) is 0 Å². The van der Waals surface area contributed by atoms with Crippen LogP contribution in [0.25, 0.3) is 0 Å². The Balaban J connectivity index is 1.99. The highest BCUT2D eigenvalue weighted by Crippen LogP contribution is 2.43. The van der Waals surface area contributed by atoms with Crippen LogP contribution < -0.4 is 0 Å². The summed E-state index contributed by atoms with van der Waals surface area (Å²) in [5.74, 6) is -0.161. The number of carbonyl (C=O) groups is 1. The smallest absolute Gasteiger partial charge is 0.339 e. The van der Waals surface area contributed by atoms with Gasteiger partial charge in [-0.25, -0.2) is 4.79 Å². The van der Waals surface area contributed by atoms with E-state index in [1.807, 2.05) is 24.3 Å². The van der Waals surface area contributed by atoms with Crippen molar-refractivity contribution in [3.05, 3.63) is 35.4 Å². The van der Waals surface area contributed by atoms with Crippen LogP contribution in [0.3, 0.4) is 0 Å². The second-order valence-electron chi connectivity index (χ2n) is 5.24. The molecule has 3 rings (SSSR count). The van der Waals surface area contributed by atoms with Crippen molar-refractivity contribution in [1.29, 1.82) is 0 Å². The molecule has 90 valence electrons. The van der Waals surface area contributed by atoms with Gasteiger partial charge in [-0.1, -0.05) is 18.2 Å². The third-order valence-electron chi connectivity index (χ3n) is 3.92. The Kier molecular flexibility index (Phi) is 2.26. The zero-order valence-electron chi connectivity index (χ0n) is 10.3. The molecule has 2 aliphatic rings. The van der Waals surface area contributed by atoms with E-state index >= 15 is 0 Å². The van der Waals surface area contributed by atoms with Crippen LogP contribution in [0, 0.1) is 0 Å². The number of hydrogen-bond donors (Lipinski definition) is 0. The van der Waals surface area contributed by atoms with Crippen molar-refractivity contribution < 1.29 is 9.53 Å². The largest absolute Gasteiger partial charge is 0.449 e. The Morgan fingerprint density at radius 1 is 1.35 bits per heavy atom. The van der Waals surface area contributed by atoms with Crippen molar-refractivity contribution in [2.45, 2.75) is 31.9 Å². The second kappa shape index (κ2) is 3.57. The number of rotatable bonds is 1. The summed E-state index contributed by atoms with van der Waals surface area (Å²) in [5.41, 5.74) is 1.45. The minimum absolute atomic E-state index is 0.161. The molecule has 0 amide bonds. The maximum Gasteiger partial charge on any atom is 0.339 e. The number of ether oxygens (including phenoxy) is 1. The summed E-state index contributed by atoms with van der Waals surface area (Å²) >= 11 is 0. The molecule has 1 atom stereocenters. The predicted molar refractivity (Wildman–Crippen MR) is 64.9 cm³/mol. The van der Waals surface area contributed by atoms with E-state index in [1.165, 1.54) is 0 Å². The summed E-state index contributed by atoms with van der Waals surface area (Å²) in [7, 11) is 0. The maximum absolute atomic E-state index is 11.9. The van der Waals surface area contributed by atoms with Gasteiger partial charge in [-0.15, -0.1) is 0 Å². The van der Waals surface area contributed by atoms with Gasteiger partial charge in [-0.05, 0) is 19.9 Å². The van der Waals surface area contributed by atoms with Gasteiger partial charge in [0.05, 0.1) is 5.56 Å². The van der Waals surface area contributed by atoms with Gasteiger partial charge in [0.1, 0.15) is 0 Å². The first-order valence-corrected chi connectivity index (χ1v) is 6.19. The zero-order chi connectivity index (χ0) is 12.0. The summed E-state index contributed by atoms with van der Waals surface area (Å²) in [5, 5.41) is 0. The molecule has 0 saturated carbocycles. The van der Waals surface area contributed by atoms with Crippen LogP contribution in [0.5, 0.6) is 0 Å². The molecule has 1 aromatic rings. The van der Waals surface area contributed by atoms with Crippen molar-refractivity contribution in [3.63, 3.8) is 0 Å². The van der Waals surface area contributed by atoms with Crippen LogP contribution in [0.4, 0.5) is 0 Å². The monoisotopic (exact) mass is 231 g/mol. The van der Waals surface area contributed by atoms with E-state index in [2.05, 4.69) is 18.7 Å². The fraction of sp³-hybridized carbons (Fsp3) is 0.500. The number of carbonyl (C=O) groups excluding carboxylic acids is 1. The summed E-state index contributed by atoms with van der Waals surface area (Å²) in [6, 6.07) is 8.28. The molecule has 17 heavy (non-hydrogen) atoms. The predicted octanol–water partition coefficient (Wildman–Crippen LogP) is 2.17. The van der Waals surface area contributed by atoms with Crippen LogP contribution in [0.1, 0.15) is 36.2 Å². The molecule has 1 spiro atoms. The fourth-order valence-electron chi connectivity index (χ4n) is 2.90. The normalized spacial score (nSPS) is 27.8. The van der Waals surface area contributed by atoms with Gasteiger partial charge in [0.2, 0.25) is 0 Å². The standard InChI is InChI=1S/C14H17NO2/c1-10(2)15-8-7-14(9-15)12-6-4-3-5-11(12)13(16)17-14/h3-6,10H,7-9H2,1-2H3. The fourth-order valence-corrected chi connectivity index (χ4v) is 2.90. The molecule has 1 aromatic carbocycles. The van der Waals surface area contributed by atoms with Crippen molar-refractivity contribution in [2.75, 3.05) is 13.1 Å². The third-order valence-corrected chi connectivity index (χ3v) is 3.92. The van der Waals surface area contributed by atoms with Gasteiger partial charge >= 0.3 is 5.97 Å². The third kappa shape index (κ3) is 1.49. The molecule has 0 N–H and O–H groups in total. The average molecular weight is 231 g/mol. The van der Waals surface area contributed by atoms with Crippen molar-refractivity contribution in [1.82, 2.24) is 4.90 Å². The lowest BCUT2D eigenvalue weighted by molar-refractivity contribution is -0.00457. The number of nitrogens with zero attached hydrogens (tertiary/aromatic N) is 1. The molecule has 2 aliphatic heterocycles. The van der Waals surface area contributed by atoms with Crippen LogP contribution in [-0.4, -0.2) is 30.0 Å². The summed E-state index contributed by atoms with van der Waals surface area (Å²) < 4.78 is 5.68. The number of likely N-dealkylation sites (tertiary alicyclic amines) is 1. The Labute approximate surface area is 101 Å². The minimum atomic E-state index is -0.377. The molecular weight excluding hydrogens is 214 g/mol. The first-order chi connectivity index (χ1) is 8.12. The number of fused-ring (bicyclic) bond motifs is 2. The highest BCUT2D eigenvalue weighted by Gasteiger charge is 2.49. The van der Waals surface area contributed by atoms with Crippen LogP contribution in [0.2, 0.25) is 0 Å². The lowest BCUT2D eigenvalue weighted by atomic mass is 9.91. The molecule has 0 radical (unpaired) electrons. The molecule has 3 nitrogen and oxygen atoms in total. The van der Waals surface area contributed by atoms with Gasteiger partial charge < -0.3 is 4.74 Å². The number of esters is 1. The molecule has 0 aliphatic carbocycles. The molecule has 3 heteroatoms. The Morgan fingerprint density at radius 2 is 2.12 bits per heavy atom. The van der Waals surface area contributed by atoms with E-state index in [-0.39, 0.29) is 11.6 Å². The van der Waals surface area contributed by atoms with Crippen LogP contribution in [-0.2, 0) is 10.3 Å². The Morgan fingerprint density at radius 3 is 2.82 bits per heavy atom. The zero-order valence-corrected chi connectivity index (χ0v) is 10.3. The van der Waals surface area contributed by atoms with Crippen molar-refractivity contribution in [2.24, 2.45) is 0 Å². The van der Waals surface area contributed by atoms with Crippen molar-refractivity contribution >= 4 is 5.97 Å². The van der Waals surface area contributed by atoms with E-state index < -0.39 is 0 Å². The molecule has 0 bridgehead atoms. The Bertz CT molecular complexity index is 469. The van der Waals surface area contributed by atoms with Crippen molar-refractivity contribution in [3.8, 4) is 0 Å². The highest BCUT2D eigenvalue weighted by molar-refractivity contribution is 5.94. The van der Waals surface area contributed by atoms with E-state index in [1.54, 1.807) is 0 Å². The van der Waals surface area contributed by atoms with E-state index in [0.29, 0.717) is 6.04 Å². The minimum Gasteiger partial charge on any atom is -0.449 e. The molecule has 1 saturated heterocycles. The summed E-state index contributed by atoms with van der Waals surface area (Å²) in [6.45, 7) is 6.19. The quantitative estimate of drug-likeness (QED) is 0.694. The Hall–Kier alpha value is -1.35. The molecular formula is C14H17NO2. The van der Waals surface area contributed by atoms with Crippen LogP contribution >= 0.6 is 0 Å². The van der Waals surface area contributed by atoms with E-state index in [0.717, 1.165) is 30.6 Å². The van der Waals surface area contributed by atoms with Crippen LogP contribution in [0.15, 0.2) is 24.3 Å². The summed E-state index contributed by atoms with van der Waals surface area (Å²) in [6.07, 6.45) is 0.911. The SMILES string of the molecule is CC(C)N1CCC2(C1)OC(=O)c1ccccc12. The maximum atomic E-state index is 11.9. The van der Waals surface area contributed by atoms with Gasteiger partial charge in [0.15, 0.2) is 5.60 Å². The number of benzene rings is 1. The van der Waals surface area contributed by atoms with Gasteiger partial charge in [0.25, 0.3) is 0 Å². The highest BCUT2D eigenvalue weighted by atomic mass is 16.6. The van der Waals surface area contributed by atoms with Gasteiger partial charge in [0, 0.05) is 31.1 Å². The second-order valence-corrected chi connectivity index (χ2v) is 5.24. The van der Waals surface area contributed by atoms with Gasteiger partial charge in [-0.3, -0.25) is 4.90 Å². The molecule has 1 fully saturated rings. The summed E-state index contributed by atoms with van der Waals surface area (Å²) in [4.78, 5) is 14.2.